The molecule has 24 heavy (non-hydrogen) atoms. The van der Waals surface area contributed by atoms with Crippen LogP contribution in [0.4, 0.5) is 0 Å². The van der Waals surface area contributed by atoms with Gasteiger partial charge in [-0.25, -0.2) is 0 Å². The van der Waals surface area contributed by atoms with E-state index < -0.39 is 0 Å². The summed E-state index contributed by atoms with van der Waals surface area (Å²) in [7, 11) is 1.62. The normalized spacial score (nSPS) is 10.8. The van der Waals surface area contributed by atoms with E-state index in [1.54, 1.807) is 7.11 Å². The lowest BCUT2D eigenvalue weighted by atomic mass is 10.0. The van der Waals surface area contributed by atoms with E-state index in [0.29, 0.717) is 16.9 Å². The summed E-state index contributed by atoms with van der Waals surface area (Å²) in [4.78, 5) is 4.65. The molecule has 0 fully saturated rings. The van der Waals surface area contributed by atoms with Crippen molar-refractivity contribution in [3.63, 3.8) is 0 Å². The minimum Gasteiger partial charge on any atom is -0.507 e. The van der Waals surface area contributed by atoms with Crippen LogP contribution in [0.15, 0.2) is 36.4 Å². The predicted molar refractivity (Wildman–Crippen MR) is 95.3 cm³/mol. The number of nitrogens with zero attached hydrogens (tertiary/aromatic N) is 1. The first-order chi connectivity index (χ1) is 11.5. The van der Waals surface area contributed by atoms with Gasteiger partial charge in [0.15, 0.2) is 0 Å². The molecule has 0 bridgehead atoms. The van der Waals surface area contributed by atoms with E-state index in [4.69, 9.17) is 9.47 Å². The molecule has 1 heterocycles. The Bertz CT molecular complexity index is 903. The molecule has 1 aromatic heterocycles. The van der Waals surface area contributed by atoms with E-state index in [1.165, 1.54) is 0 Å². The zero-order valence-electron chi connectivity index (χ0n) is 14.4. The van der Waals surface area contributed by atoms with Crippen molar-refractivity contribution in [1.82, 2.24) is 4.98 Å². The molecule has 0 spiro atoms. The van der Waals surface area contributed by atoms with Crippen LogP contribution in [0.5, 0.6) is 23.0 Å². The number of rotatable bonds is 4. The van der Waals surface area contributed by atoms with Gasteiger partial charge in [0.05, 0.1) is 12.6 Å². The Balaban J connectivity index is 2.08. The number of pyridine rings is 1. The maximum absolute atomic E-state index is 10.5. The molecule has 0 unspecified atom stereocenters. The minimum atomic E-state index is 0.271. The van der Waals surface area contributed by atoms with E-state index in [-0.39, 0.29) is 5.75 Å². The third-order valence-corrected chi connectivity index (χ3v) is 4.20. The van der Waals surface area contributed by atoms with Crippen molar-refractivity contribution in [3.8, 4) is 23.0 Å². The van der Waals surface area contributed by atoms with Crippen LogP contribution in [-0.4, -0.2) is 17.2 Å². The first-order valence-electron chi connectivity index (χ1n) is 7.98. The van der Waals surface area contributed by atoms with Crippen LogP contribution < -0.4 is 9.47 Å². The molecule has 0 aliphatic rings. The highest BCUT2D eigenvalue weighted by Gasteiger charge is 2.13. The van der Waals surface area contributed by atoms with Gasteiger partial charge in [0.25, 0.3) is 0 Å². The highest BCUT2D eigenvalue weighted by molar-refractivity contribution is 5.88. The Morgan fingerprint density at radius 1 is 1.08 bits per heavy atom. The van der Waals surface area contributed by atoms with Crippen LogP contribution in [-0.2, 0) is 6.42 Å². The van der Waals surface area contributed by atoms with Crippen molar-refractivity contribution in [2.45, 2.75) is 27.2 Å². The van der Waals surface area contributed by atoms with Gasteiger partial charge < -0.3 is 14.6 Å². The number of methoxy groups -OCH3 is 1. The maximum atomic E-state index is 10.5. The molecule has 0 radical (unpaired) electrons. The molecular formula is C20H21NO3. The summed E-state index contributed by atoms with van der Waals surface area (Å²) in [5.74, 6) is 2.38. The fourth-order valence-electron chi connectivity index (χ4n) is 2.77. The number of fused-ring (bicyclic) bond motifs is 1. The summed E-state index contributed by atoms with van der Waals surface area (Å²) >= 11 is 0. The van der Waals surface area contributed by atoms with E-state index in [9.17, 15) is 5.11 Å². The van der Waals surface area contributed by atoms with Crippen LogP contribution in [0.2, 0.25) is 0 Å². The Hall–Kier alpha value is -2.75. The molecule has 0 saturated carbocycles. The molecule has 3 aromatic rings. The largest absolute Gasteiger partial charge is 0.507 e. The Kier molecular flexibility index (Phi) is 4.30. The summed E-state index contributed by atoms with van der Waals surface area (Å²) in [6.07, 6.45) is 0.788. The van der Waals surface area contributed by atoms with Crippen molar-refractivity contribution in [2.75, 3.05) is 7.11 Å². The van der Waals surface area contributed by atoms with E-state index in [2.05, 4.69) is 4.98 Å². The Morgan fingerprint density at radius 3 is 2.54 bits per heavy atom. The van der Waals surface area contributed by atoms with Crippen molar-refractivity contribution in [2.24, 2.45) is 0 Å². The number of ether oxygens (including phenoxy) is 2. The van der Waals surface area contributed by atoms with Gasteiger partial charge in [-0.15, -0.1) is 0 Å². The van der Waals surface area contributed by atoms with Crippen molar-refractivity contribution in [3.05, 3.63) is 53.2 Å². The van der Waals surface area contributed by atoms with Crippen molar-refractivity contribution in [1.29, 1.82) is 0 Å². The van der Waals surface area contributed by atoms with Gasteiger partial charge in [-0.05, 0) is 50.1 Å². The van der Waals surface area contributed by atoms with Crippen molar-refractivity contribution < 1.29 is 14.6 Å². The SMILES string of the molecule is CCc1nc2cc(C)c(Oc3cccc(OC)c3)cc2c(O)c1C. The first kappa shape index (κ1) is 16.1. The third kappa shape index (κ3) is 2.87. The number of hydrogen-bond donors (Lipinski definition) is 1. The summed E-state index contributed by atoms with van der Waals surface area (Å²) in [5.41, 5.74) is 3.48. The third-order valence-electron chi connectivity index (χ3n) is 4.20. The minimum absolute atomic E-state index is 0.271. The van der Waals surface area contributed by atoms with Gasteiger partial charge >= 0.3 is 0 Å². The number of aryl methyl sites for hydroxylation is 2. The van der Waals surface area contributed by atoms with E-state index in [0.717, 1.165) is 34.5 Å². The second-order valence-electron chi connectivity index (χ2n) is 5.80. The topological polar surface area (TPSA) is 51.6 Å². The molecule has 0 amide bonds. The van der Waals surface area contributed by atoms with Crippen LogP contribution in [0, 0.1) is 13.8 Å². The zero-order valence-corrected chi connectivity index (χ0v) is 14.4. The van der Waals surface area contributed by atoms with E-state index in [1.807, 2.05) is 57.2 Å². The van der Waals surface area contributed by atoms with Gasteiger partial charge in [0.1, 0.15) is 23.0 Å². The first-order valence-corrected chi connectivity index (χ1v) is 7.98. The van der Waals surface area contributed by atoms with Gasteiger partial charge in [0.2, 0.25) is 0 Å². The highest BCUT2D eigenvalue weighted by atomic mass is 16.5. The lowest BCUT2D eigenvalue weighted by molar-refractivity contribution is 0.409. The molecule has 0 aliphatic carbocycles. The predicted octanol–water partition coefficient (Wildman–Crippen LogP) is 4.92. The molecule has 124 valence electrons. The lowest BCUT2D eigenvalue weighted by Gasteiger charge is -2.14. The number of benzene rings is 2. The molecule has 0 saturated heterocycles. The number of hydrogen-bond acceptors (Lipinski definition) is 4. The van der Waals surface area contributed by atoms with Gasteiger partial charge in [-0.2, -0.15) is 0 Å². The fraction of sp³-hybridized carbons (Fsp3) is 0.250. The second-order valence-corrected chi connectivity index (χ2v) is 5.80. The molecular weight excluding hydrogens is 302 g/mol. The monoisotopic (exact) mass is 323 g/mol. The molecule has 0 aliphatic heterocycles. The van der Waals surface area contributed by atoms with Gasteiger partial charge in [0, 0.05) is 22.7 Å². The Labute approximate surface area is 141 Å². The fourth-order valence-corrected chi connectivity index (χ4v) is 2.77. The summed E-state index contributed by atoms with van der Waals surface area (Å²) in [6.45, 7) is 5.90. The zero-order chi connectivity index (χ0) is 17.3. The Morgan fingerprint density at radius 2 is 1.83 bits per heavy atom. The van der Waals surface area contributed by atoms with Crippen LogP contribution in [0.1, 0.15) is 23.7 Å². The lowest BCUT2D eigenvalue weighted by Crippen LogP contribution is -1.96. The molecule has 1 N–H and O–H groups in total. The highest BCUT2D eigenvalue weighted by Crippen LogP contribution is 2.36. The number of aromatic nitrogens is 1. The van der Waals surface area contributed by atoms with Gasteiger partial charge in [-0.3, -0.25) is 4.98 Å². The van der Waals surface area contributed by atoms with Crippen LogP contribution in [0.3, 0.4) is 0 Å². The average molecular weight is 323 g/mol. The van der Waals surface area contributed by atoms with Crippen molar-refractivity contribution >= 4 is 10.9 Å². The quantitative estimate of drug-likeness (QED) is 0.740. The van der Waals surface area contributed by atoms with E-state index >= 15 is 0 Å². The number of aromatic hydroxyl groups is 1. The molecule has 4 heteroatoms. The van der Waals surface area contributed by atoms with Gasteiger partial charge in [-0.1, -0.05) is 13.0 Å². The summed E-state index contributed by atoms with van der Waals surface area (Å²) in [5, 5.41) is 11.2. The molecule has 0 atom stereocenters. The maximum Gasteiger partial charge on any atom is 0.131 e. The second kappa shape index (κ2) is 6.40. The van der Waals surface area contributed by atoms with Crippen LogP contribution >= 0.6 is 0 Å². The summed E-state index contributed by atoms with van der Waals surface area (Å²) in [6, 6.07) is 11.2. The smallest absolute Gasteiger partial charge is 0.131 e. The molecule has 3 rings (SSSR count). The molecule has 2 aromatic carbocycles. The standard InChI is InChI=1S/C20H21NO3/c1-5-17-13(3)20(22)16-11-19(12(2)9-18(16)21-17)24-15-8-6-7-14(10-15)23-4/h6-11H,5H2,1-4H3,(H,21,22). The summed E-state index contributed by atoms with van der Waals surface area (Å²) < 4.78 is 11.2. The van der Waals surface area contributed by atoms with Crippen LogP contribution in [0.25, 0.3) is 10.9 Å². The molecule has 4 nitrogen and oxygen atoms in total. The average Bonchev–Trinajstić information content (AvgIpc) is 2.59.